The van der Waals surface area contributed by atoms with Crippen LogP contribution in [-0.4, -0.2) is 49.7 Å². The summed E-state index contributed by atoms with van der Waals surface area (Å²) < 4.78 is 1.50. The van der Waals surface area contributed by atoms with Gasteiger partial charge in [0, 0.05) is 18.7 Å². The molecular weight excluding hydrogens is 308 g/mol. The van der Waals surface area contributed by atoms with Crippen LogP contribution in [-0.2, 0) is 16.1 Å². The van der Waals surface area contributed by atoms with Crippen molar-refractivity contribution in [2.45, 2.75) is 19.9 Å². The molecule has 7 heteroatoms. The average molecular weight is 328 g/mol. The zero-order valence-electron chi connectivity index (χ0n) is 13.5. The molecule has 126 valence electrons. The first kappa shape index (κ1) is 16.2. The Balaban J connectivity index is 1.67. The molecule has 2 aromatic rings. The number of benzene rings is 1. The molecule has 1 N–H and O–H groups in total. The van der Waals surface area contributed by atoms with Gasteiger partial charge >= 0.3 is 5.97 Å². The Bertz CT molecular complexity index is 728. The van der Waals surface area contributed by atoms with E-state index in [0.29, 0.717) is 18.8 Å². The molecule has 0 saturated carbocycles. The third-order valence-corrected chi connectivity index (χ3v) is 4.23. The van der Waals surface area contributed by atoms with Gasteiger partial charge in [-0.05, 0) is 12.3 Å². The molecule has 0 bridgehead atoms. The molecule has 1 aromatic carbocycles. The second-order valence-electron chi connectivity index (χ2n) is 6.31. The fourth-order valence-electron chi connectivity index (χ4n) is 3.06. The number of amides is 1. The highest BCUT2D eigenvalue weighted by molar-refractivity contribution is 5.78. The van der Waals surface area contributed by atoms with Gasteiger partial charge in [-0.3, -0.25) is 9.59 Å². The maximum Gasteiger partial charge on any atom is 0.308 e. The van der Waals surface area contributed by atoms with Crippen molar-refractivity contribution in [2.75, 3.05) is 13.1 Å². The molecule has 1 fully saturated rings. The lowest BCUT2D eigenvalue weighted by molar-refractivity contribution is -0.147. The fraction of sp³-hybridized carbons (Fsp3) is 0.412. The molecule has 1 aliphatic heterocycles. The normalized spacial score (nSPS) is 20.8. The topological polar surface area (TPSA) is 88.3 Å². The monoisotopic (exact) mass is 328 g/mol. The SMILES string of the molecule is CC1CC(C(=O)O)CN(C(=O)Cn2cnc(-c3ccccc3)n2)C1. The summed E-state index contributed by atoms with van der Waals surface area (Å²) in [7, 11) is 0. The number of rotatable bonds is 4. The summed E-state index contributed by atoms with van der Waals surface area (Å²) >= 11 is 0. The number of likely N-dealkylation sites (tertiary alicyclic amines) is 1. The van der Waals surface area contributed by atoms with Crippen molar-refractivity contribution in [3.05, 3.63) is 36.7 Å². The number of piperidine rings is 1. The van der Waals surface area contributed by atoms with Gasteiger partial charge in [0.05, 0.1) is 5.92 Å². The van der Waals surface area contributed by atoms with E-state index in [0.717, 1.165) is 5.56 Å². The summed E-state index contributed by atoms with van der Waals surface area (Å²) in [4.78, 5) is 29.5. The Morgan fingerprint density at radius 2 is 2.00 bits per heavy atom. The summed E-state index contributed by atoms with van der Waals surface area (Å²) in [5, 5.41) is 13.5. The highest BCUT2D eigenvalue weighted by atomic mass is 16.4. The summed E-state index contributed by atoms with van der Waals surface area (Å²) in [5.41, 5.74) is 0.890. The van der Waals surface area contributed by atoms with Gasteiger partial charge < -0.3 is 10.0 Å². The third-order valence-electron chi connectivity index (χ3n) is 4.23. The Morgan fingerprint density at radius 3 is 2.71 bits per heavy atom. The number of hydrogen-bond acceptors (Lipinski definition) is 4. The van der Waals surface area contributed by atoms with E-state index in [9.17, 15) is 14.7 Å². The van der Waals surface area contributed by atoms with E-state index in [1.54, 1.807) is 4.90 Å². The molecule has 1 aromatic heterocycles. The van der Waals surface area contributed by atoms with Gasteiger partial charge in [-0.25, -0.2) is 9.67 Å². The van der Waals surface area contributed by atoms with E-state index in [1.165, 1.54) is 11.0 Å². The highest BCUT2D eigenvalue weighted by Crippen LogP contribution is 2.22. The number of carbonyl (C=O) groups excluding carboxylic acids is 1. The first-order valence-corrected chi connectivity index (χ1v) is 7.98. The van der Waals surface area contributed by atoms with Gasteiger partial charge in [-0.15, -0.1) is 0 Å². The molecule has 24 heavy (non-hydrogen) atoms. The molecule has 3 rings (SSSR count). The van der Waals surface area contributed by atoms with Gasteiger partial charge in [0.2, 0.25) is 5.91 Å². The minimum Gasteiger partial charge on any atom is -0.481 e. The lowest BCUT2D eigenvalue weighted by Gasteiger charge is -2.34. The van der Waals surface area contributed by atoms with E-state index < -0.39 is 11.9 Å². The first-order chi connectivity index (χ1) is 11.5. The molecule has 2 heterocycles. The van der Waals surface area contributed by atoms with Crippen molar-refractivity contribution in [2.24, 2.45) is 11.8 Å². The quantitative estimate of drug-likeness (QED) is 0.919. The molecule has 2 atom stereocenters. The largest absolute Gasteiger partial charge is 0.481 e. The van der Waals surface area contributed by atoms with Crippen LogP contribution in [0.15, 0.2) is 36.7 Å². The molecule has 1 amide bonds. The Hall–Kier alpha value is -2.70. The van der Waals surface area contributed by atoms with E-state index in [1.807, 2.05) is 37.3 Å². The van der Waals surface area contributed by atoms with E-state index in [2.05, 4.69) is 10.1 Å². The molecule has 2 unspecified atom stereocenters. The molecular formula is C17H20N4O3. The van der Waals surface area contributed by atoms with Crippen LogP contribution in [0, 0.1) is 11.8 Å². The average Bonchev–Trinajstić information content (AvgIpc) is 3.03. The zero-order valence-corrected chi connectivity index (χ0v) is 13.5. The maximum atomic E-state index is 12.5. The van der Waals surface area contributed by atoms with Crippen LogP contribution < -0.4 is 0 Å². The fourth-order valence-corrected chi connectivity index (χ4v) is 3.06. The lowest BCUT2D eigenvalue weighted by Crippen LogP contribution is -2.46. The highest BCUT2D eigenvalue weighted by Gasteiger charge is 2.31. The molecule has 0 radical (unpaired) electrons. The Morgan fingerprint density at radius 1 is 1.25 bits per heavy atom. The van der Waals surface area contributed by atoms with Gasteiger partial charge in [-0.1, -0.05) is 37.3 Å². The summed E-state index contributed by atoms with van der Waals surface area (Å²) in [6, 6.07) is 9.54. The number of hydrogen-bond donors (Lipinski definition) is 1. The van der Waals surface area contributed by atoms with Gasteiger partial charge in [-0.2, -0.15) is 5.10 Å². The maximum absolute atomic E-state index is 12.5. The van der Waals surface area contributed by atoms with E-state index in [-0.39, 0.29) is 24.9 Å². The van der Waals surface area contributed by atoms with Crippen LogP contribution in [0.25, 0.3) is 11.4 Å². The van der Waals surface area contributed by atoms with Gasteiger partial charge in [0.1, 0.15) is 12.9 Å². The molecule has 0 aliphatic carbocycles. The Labute approximate surface area is 139 Å². The van der Waals surface area contributed by atoms with Crippen molar-refractivity contribution >= 4 is 11.9 Å². The third kappa shape index (κ3) is 3.61. The minimum absolute atomic E-state index is 0.0683. The van der Waals surface area contributed by atoms with Gasteiger partial charge in [0.25, 0.3) is 0 Å². The van der Waals surface area contributed by atoms with Gasteiger partial charge in [0.15, 0.2) is 5.82 Å². The lowest BCUT2D eigenvalue weighted by atomic mass is 9.90. The van der Waals surface area contributed by atoms with Crippen LogP contribution in [0.3, 0.4) is 0 Å². The number of carboxylic acids is 1. The first-order valence-electron chi connectivity index (χ1n) is 7.98. The van der Waals surface area contributed by atoms with E-state index in [4.69, 9.17) is 0 Å². The second kappa shape index (κ2) is 6.82. The van der Waals surface area contributed by atoms with Crippen molar-refractivity contribution in [3.63, 3.8) is 0 Å². The summed E-state index contributed by atoms with van der Waals surface area (Å²) in [5.74, 6) is -0.713. The number of aliphatic carboxylic acids is 1. The van der Waals surface area contributed by atoms with Crippen LogP contribution in [0.1, 0.15) is 13.3 Å². The Kier molecular flexibility index (Phi) is 4.59. The molecule has 1 saturated heterocycles. The standard InChI is InChI=1S/C17H20N4O3/c1-12-7-14(17(23)24)9-20(8-12)15(22)10-21-11-18-16(19-21)13-5-3-2-4-6-13/h2-6,11-12,14H,7-10H2,1H3,(H,23,24). The number of nitrogens with zero attached hydrogens (tertiary/aromatic N) is 4. The number of carboxylic acid groups (broad SMARTS) is 1. The van der Waals surface area contributed by atoms with Crippen LogP contribution in [0.5, 0.6) is 0 Å². The predicted octanol–water partition coefficient (Wildman–Crippen LogP) is 1.51. The van der Waals surface area contributed by atoms with Crippen molar-refractivity contribution in [3.8, 4) is 11.4 Å². The predicted molar refractivity (Wildman–Crippen MR) is 86.9 cm³/mol. The van der Waals surface area contributed by atoms with Crippen molar-refractivity contribution in [1.29, 1.82) is 0 Å². The van der Waals surface area contributed by atoms with Crippen LogP contribution >= 0.6 is 0 Å². The summed E-state index contributed by atoms with van der Waals surface area (Å²) in [6.07, 6.45) is 2.14. The van der Waals surface area contributed by atoms with Crippen LogP contribution in [0.2, 0.25) is 0 Å². The molecule has 0 spiro atoms. The van der Waals surface area contributed by atoms with E-state index >= 15 is 0 Å². The summed E-state index contributed by atoms with van der Waals surface area (Å²) in [6.45, 7) is 2.89. The smallest absolute Gasteiger partial charge is 0.308 e. The van der Waals surface area contributed by atoms with Crippen molar-refractivity contribution in [1.82, 2.24) is 19.7 Å². The second-order valence-corrected chi connectivity index (χ2v) is 6.31. The number of aromatic nitrogens is 3. The minimum atomic E-state index is -0.841. The van der Waals surface area contributed by atoms with Crippen molar-refractivity contribution < 1.29 is 14.7 Å². The zero-order chi connectivity index (χ0) is 17.1. The number of carbonyl (C=O) groups is 2. The van der Waals surface area contributed by atoms with Crippen LogP contribution in [0.4, 0.5) is 0 Å². The molecule has 1 aliphatic rings. The molecule has 7 nitrogen and oxygen atoms in total.